The van der Waals surface area contributed by atoms with Crippen LogP contribution in [0.1, 0.15) is 12.5 Å². The van der Waals surface area contributed by atoms with Crippen LogP contribution in [0.4, 0.5) is 5.69 Å². The summed E-state index contributed by atoms with van der Waals surface area (Å²) in [5, 5.41) is 11.5. The summed E-state index contributed by atoms with van der Waals surface area (Å²) in [5.74, 6) is 0.816. The number of ether oxygens (including phenoxy) is 2. The van der Waals surface area contributed by atoms with Crippen molar-refractivity contribution in [2.24, 2.45) is 0 Å². The van der Waals surface area contributed by atoms with Crippen molar-refractivity contribution in [3.8, 4) is 17.6 Å². The lowest BCUT2D eigenvalue weighted by atomic mass is 10.2. The fourth-order valence-corrected chi connectivity index (χ4v) is 1.85. The molecule has 2 rings (SSSR count). The van der Waals surface area contributed by atoms with E-state index in [0.29, 0.717) is 29.4 Å². The minimum absolute atomic E-state index is 0.138. The number of anilines is 1. The number of carbonyl (C=O) groups is 1. The van der Waals surface area contributed by atoms with Crippen molar-refractivity contribution in [3.05, 3.63) is 54.1 Å². The minimum atomic E-state index is -0.304. The number of nitriles is 1. The van der Waals surface area contributed by atoms with Crippen LogP contribution in [0, 0.1) is 11.3 Å². The van der Waals surface area contributed by atoms with Crippen LogP contribution in [0.5, 0.6) is 11.5 Å². The van der Waals surface area contributed by atoms with Crippen LogP contribution in [0.15, 0.2) is 48.5 Å². The van der Waals surface area contributed by atoms with Gasteiger partial charge in [-0.3, -0.25) is 4.79 Å². The van der Waals surface area contributed by atoms with Crippen molar-refractivity contribution < 1.29 is 14.3 Å². The molecular formula is C17H16N2O3. The smallest absolute Gasteiger partial charge is 0.262 e. The van der Waals surface area contributed by atoms with Crippen LogP contribution in [-0.4, -0.2) is 19.1 Å². The van der Waals surface area contributed by atoms with E-state index in [4.69, 9.17) is 14.7 Å². The highest BCUT2D eigenvalue weighted by molar-refractivity contribution is 5.92. The van der Waals surface area contributed by atoms with E-state index < -0.39 is 0 Å². The molecule has 0 radical (unpaired) electrons. The molecule has 112 valence electrons. The molecule has 0 spiro atoms. The van der Waals surface area contributed by atoms with Gasteiger partial charge < -0.3 is 14.8 Å². The van der Waals surface area contributed by atoms with E-state index in [0.717, 1.165) is 0 Å². The fraction of sp³-hybridized carbons (Fsp3) is 0.176. The molecule has 0 heterocycles. The molecule has 0 aliphatic carbocycles. The molecule has 0 unspecified atom stereocenters. The van der Waals surface area contributed by atoms with Crippen LogP contribution < -0.4 is 14.8 Å². The SMILES string of the molecule is CCOc1ccccc1OCC(=O)Nc1cccc(C#N)c1. The molecule has 5 nitrogen and oxygen atoms in total. The Balaban J connectivity index is 1.94. The zero-order valence-corrected chi connectivity index (χ0v) is 12.2. The van der Waals surface area contributed by atoms with E-state index in [1.54, 1.807) is 36.4 Å². The molecule has 1 amide bonds. The van der Waals surface area contributed by atoms with E-state index in [9.17, 15) is 4.79 Å². The molecule has 0 aliphatic heterocycles. The standard InChI is InChI=1S/C17H16N2O3/c1-2-21-15-8-3-4-9-16(15)22-12-17(20)19-14-7-5-6-13(10-14)11-18/h3-10H,2,12H2,1H3,(H,19,20). The zero-order chi connectivity index (χ0) is 15.8. The van der Waals surface area contributed by atoms with Crippen LogP contribution in [-0.2, 0) is 4.79 Å². The Morgan fingerprint density at radius 1 is 1.14 bits per heavy atom. The van der Waals surface area contributed by atoms with E-state index in [1.807, 2.05) is 25.1 Å². The van der Waals surface area contributed by atoms with E-state index in [2.05, 4.69) is 5.32 Å². The molecule has 1 N–H and O–H groups in total. The molecule has 0 bridgehead atoms. The summed E-state index contributed by atoms with van der Waals surface area (Å²) in [6, 6.07) is 15.9. The predicted molar refractivity (Wildman–Crippen MR) is 82.9 cm³/mol. The lowest BCUT2D eigenvalue weighted by molar-refractivity contribution is -0.118. The van der Waals surface area contributed by atoms with Crippen LogP contribution in [0.25, 0.3) is 0 Å². The first-order valence-electron chi connectivity index (χ1n) is 6.87. The highest BCUT2D eigenvalue weighted by Gasteiger charge is 2.08. The second-order valence-corrected chi connectivity index (χ2v) is 4.41. The summed E-state index contributed by atoms with van der Waals surface area (Å²) >= 11 is 0. The Morgan fingerprint density at radius 3 is 2.55 bits per heavy atom. The van der Waals surface area contributed by atoms with E-state index in [1.165, 1.54) is 0 Å². The number of para-hydroxylation sites is 2. The number of amides is 1. The second kappa shape index (κ2) is 7.70. The van der Waals surface area contributed by atoms with Gasteiger partial charge in [0.05, 0.1) is 18.2 Å². The van der Waals surface area contributed by atoms with Crippen LogP contribution in [0.3, 0.4) is 0 Å². The second-order valence-electron chi connectivity index (χ2n) is 4.41. The summed E-state index contributed by atoms with van der Waals surface area (Å²) in [5.41, 5.74) is 1.05. The lowest BCUT2D eigenvalue weighted by Gasteiger charge is -2.11. The topological polar surface area (TPSA) is 71.3 Å². The number of benzene rings is 2. The quantitative estimate of drug-likeness (QED) is 0.889. The van der Waals surface area contributed by atoms with Crippen molar-refractivity contribution in [1.29, 1.82) is 5.26 Å². The summed E-state index contributed by atoms with van der Waals surface area (Å²) < 4.78 is 10.9. The largest absolute Gasteiger partial charge is 0.490 e. The number of rotatable bonds is 6. The molecule has 2 aromatic carbocycles. The molecule has 0 aliphatic rings. The van der Waals surface area contributed by atoms with Gasteiger partial charge in [-0.05, 0) is 37.3 Å². The van der Waals surface area contributed by atoms with Gasteiger partial charge >= 0.3 is 0 Å². The van der Waals surface area contributed by atoms with E-state index in [-0.39, 0.29) is 12.5 Å². The average molecular weight is 296 g/mol. The Bertz CT molecular complexity index is 692. The van der Waals surface area contributed by atoms with Gasteiger partial charge in [-0.15, -0.1) is 0 Å². The molecule has 22 heavy (non-hydrogen) atoms. The first kappa shape index (κ1) is 15.4. The summed E-state index contributed by atoms with van der Waals surface area (Å²) in [4.78, 5) is 11.9. The maximum Gasteiger partial charge on any atom is 0.262 e. The highest BCUT2D eigenvalue weighted by atomic mass is 16.5. The molecule has 0 atom stereocenters. The van der Waals surface area contributed by atoms with Gasteiger partial charge in [0.15, 0.2) is 18.1 Å². The lowest BCUT2D eigenvalue weighted by Crippen LogP contribution is -2.20. The van der Waals surface area contributed by atoms with Crippen LogP contribution in [0.2, 0.25) is 0 Å². The normalized spacial score (nSPS) is 9.64. The number of hydrogen-bond donors (Lipinski definition) is 1. The average Bonchev–Trinajstić information content (AvgIpc) is 2.54. The van der Waals surface area contributed by atoms with Gasteiger partial charge in [0.25, 0.3) is 5.91 Å². The molecular weight excluding hydrogens is 280 g/mol. The Kier molecular flexibility index (Phi) is 5.38. The van der Waals surface area contributed by atoms with Gasteiger partial charge in [0.1, 0.15) is 0 Å². The maximum atomic E-state index is 11.9. The predicted octanol–water partition coefficient (Wildman–Crippen LogP) is 2.97. The molecule has 5 heteroatoms. The maximum absolute atomic E-state index is 11.9. The number of nitrogens with one attached hydrogen (secondary N) is 1. The molecule has 2 aromatic rings. The van der Waals surface area contributed by atoms with Gasteiger partial charge in [0.2, 0.25) is 0 Å². The Labute approximate surface area is 129 Å². The molecule has 0 aromatic heterocycles. The minimum Gasteiger partial charge on any atom is -0.490 e. The first-order valence-corrected chi connectivity index (χ1v) is 6.87. The number of hydrogen-bond acceptors (Lipinski definition) is 4. The van der Waals surface area contributed by atoms with Gasteiger partial charge in [-0.1, -0.05) is 18.2 Å². The molecule has 0 saturated heterocycles. The Hall–Kier alpha value is -3.00. The van der Waals surface area contributed by atoms with E-state index >= 15 is 0 Å². The van der Waals surface area contributed by atoms with Crippen molar-refractivity contribution in [3.63, 3.8) is 0 Å². The van der Waals surface area contributed by atoms with Crippen molar-refractivity contribution in [2.75, 3.05) is 18.5 Å². The fourth-order valence-electron chi connectivity index (χ4n) is 1.85. The van der Waals surface area contributed by atoms with Crippen molar-refractivity contribution in [2.45, 2.75) is 6.92 Å². The monoisotopic (exact) mass is 296 g/mol. The summed E-state index contributed by atoms with van der Waals surface area (Å²) in [6.45, 7) is 2.26. The Morgan fingerprint density at radius 2 is 1.86 bits per heavy atom. The number of nitrogens with zero attached hydrogens (tertiary/aromatic N) is 1. The van der Waals surface area contributed by atoms with Crippen LogP contribution >= 0.6 is 0 Å². The molecule has 0 fully saturated rings. The zero-order valence-electron chi connectivity index (χ0n) is 12.2. The molecule has 0 saturated carbocycles. The van der Waals surface area contributed by atoms with Gasteiger partial charge in [0, 0.05) is 5.69 Å². The van der Waals surface area contributed by atoms with Crippen molar-refractivity contribution in [1.82, 2.24) is 0 Å². The van der Waals surface area contributed by atoms with Gasteiger partial charge in [-0.25, -0.2) is 0 Å². The third-order valence-electron chi connectivity index (χ3n) is 2.78. The third kappa shape index (κ3) is 4.25. The first-order chi connectivity index (χ1) is 10.7. The summed E-state index contributed by atoms with van der Waals surface area (Å²) in [6.07, 6.45) is 0. The summed E-state index contributed by atoms with van der Waals surface area (Å²) in [7, 11) is 0. The highest BCUT2D eigenvalue weighted by Crippen LogP contribution is 2.26. The van der Waals surface area contributed by atoms with Gasteiger partial charge in [-0.2, -0.15) is 5.26 Å². The number of carbonyl (C=O) groups excluding carboxylic acids is 1. The van der Waals surface area contributed by atoms with Crippen molar-refractivity contribution >= 4 is 11.6 Å². The third-order valence-corrected chi connectivity index (χ3v) is 2.78.